The number of carbonyl (C=O) groups excluding carboxylic acids is 1. The molecule has 4 heteroatoms. The predicted molar refractivity (Wildman–Crippen MR) is 58.3 cm³/mol. The molecule has 0 aromatic rings. The Morgan fingerprint density at radius 1 is 1.33 bits per heavy atom. The minimum Gasteiger partial charge on any atom is -0.383 e. The molecule has 0 spiro atoms. The summed E-state index contributed by atoms with van der Waals surface area (Å²) in [6.45, 7) is 6.77. The molecule has 0 aromatic carbocycles. The molecule has 0 radical (unpaired) electrons. The summed E-state index contributed by atoms with van der Waals surface area (Å²) in [5.74, 6) is 5.15. The van der Waals surface area contributed by atoms with Crippen molar-refractivity contribution >= 4 is 5.91 Å². The number of nitrogens with zero attached hydrogens (tertiary/aromatic N) is 2. The van der Waals surface area contributed by atoms with Gasteiger partial charge in [-0.05, 0) is 12.8 Å². The summed E-state index contributed by atoms with van der Waals surface area (Å²) in [6.07, 6.45) is 0. The highest BCUT2D eigenvalue weighted by Gasteiger charge is 2.19. The number of hydrogen-bond acceptors (Lipinski definition) is 3. The molecule has 15 heavy (non-hydrogen) atoms. The highest BCUT2D eigenvalue weighted by atomic mass is 16.5. The van der Waals surface area contributed by atoms with Crippen LogP contribution in [-0.2, 0) is 9.53 Å². The van der Waals surface area contributed by atoms with E-state index >= 15 is 0 Å². The number of carbonyl (C=O) groups is 1. The molecule has 1 aliphatic heterocycles. The van der Waals surface area contributed by atoms with Gasteiger partial charge in [-0.15, -0.1) is 0 Å². The van der Waals surface area contributed by atoms with Crippen LogP contribution in [0.1, 0.15) is 6.92 Å². The van der Waals surface area contributed by atoms with Gasteiger partial charge in [0.25, 0.3) is 5.91 Å². The van der Waals surface area contributed by atoms with Crippen LogP contribution >= 0.6 is 0 Å². The van der Waals surface area contributed by atoms with Crippen LogP contribution < -0.4 is 0 Å². The summed E-state index contributed by atoms with van der Waals surface area (Å²) in [5.41, 5.74) is 0. The molecule has 1 rings (SSSR count). The van der Waals surface area contributed by atoms with Gasteiger partial charge in [-0.25, -0.2) is 0 Å². The molecule has 0 N–H and O–H groups in total. The highest BCUT2D eigenvalue weighted by molar-refractivity contribution is 5.93. The number of rotatable bonds is 3. The van der Waals surface area contributed by atoms with Crippen molar-refractivity contribution in [1.29, 1.82) is 0 Å². The molecular formula is C11H18N2O2. The van der Waals surface area contributed by atoms with E-state index in [9.17, 15) is 4.79 Å². The van der Waals surface area contributed by atoms with E-state index in [-0.39, 0.29) is 5.91 Å². The zero-order chi connectivity index (χ0) is 11.1. The van der Waals surface area contributed by atoms with Gasteiger partial charge in [0, 0.05) is 39.8 Å². The van der Waals surface area contributed by atoms with Crippen molar-refractivity contribution in [2.45, 2.75) is 6.92 Å². The summed E-state index contributed by atoms with van der Waals surface area (Å²) in [5, 5.41) is 0. The van der Waals surface area contributed by atoms with Crippen molar-refractivity contribution in [3.05, 3.63) is 0 Å². The Kier molecular flexibility index (Phi) is 5.16. The second-order valence-electron chi connectivity index (χ2n) is 3.50. The van der Waals surface area contributed by atoms with Crippen molar-refractivity contribution in [3.8, 4) is 11.8 Å². The summed E-state index contributed by atoms with van der Waals surface area (Å²) < 4.78 is 5.01. The average Bonchev–Trinajstić information content (AvgIpc) is 2.27. The Labute approximate surface area is 91.2 Å². The Bertz CT molecular complexity index is 259. The molecule has 84 valence electrons. The first kappa shape index (κ1) is 12.0. The van der Waals surface area contributed by atoms with Crippen LogP contribution in [0.3, 0.4) is 0 Å². The van der Waals surface area contributed by atoms with E-state index in [1.54, 1.807) is 18.9 Å². The molecule has 4 nitrogen and oxygen atoms in total. The number of hydrogen-bond donors (Lipinski definition) is 0. The summed E-state index contributed by atoms with van der Waals surface area (Å²) >= 11 is 0. The lowest BCUT2D eigenvalue weighted by Crippen LogP contribution is -2.49. The monoisotopic (exact) mass is 210 g/mol. The third-order valence-electron chi connectivity index (χ3n) is 2.50. The SMILES string of the molecule is CC#CC(=O)N1CCN(CCOC)CC1. The van der Waals surface area contributed by atoms with Gasteiger partial charge >= 0.3 is 0 Å². The van der Waals surface area contributed by atoms with Gasteiger partial charge in [0.05, 0.1) is 6.61 Å². The molecule has 1 heterocycles. The quantitative estimate of drug-likeness (QED) is 0.605. The topological polar surface area (TPSA) is 32.8 Å². The molecule has 0 saturated carbocycles. The Morgan fingerprint density at radius 3 is 2.53 bits per heavy atom. The average molecular weight is 210 g/mol. The zero-order valence-electron chi connectivity index (χ0n) is 9.45. The van der Waals surface area contributed by atoms with Crippen LogP contribution in [-0.4, -0.2) is 62.1 Å². The largest absolute Gasteiger partial charge is 0.383 e. The molecule has 0 bridgehead atoms. The molecule has 1 saturated heterocycles. The van der Waals surface area contributed by atoms with Crippen LogP contribution in [0.4, 0.5) is 0 Å². The normalized spacial score (nSPS) is 17.1. The lowest BCUT2D eigenvalue weighted by atomic mass is 10.3. The lowest BCUT2D eigenvalue weighted by Gasteiger charge is -2.33. The van der Waals surface area contributed by atoms with E-state index in [4.69, 9.17) is 4.74 Å². The summed E-state index contributed by atoms with van der Waals surface area (Å²) in [6, 6.07) is 0. The van der Waals surface area contributed by atoms with Gasteiger partial charge in [-0.1, -0.05) is 5.92 Å². The Morgan fingerprint density at radius 2 is 2.00 bits per heavy atom. The van der Waals surface area contributed by atoms with Gasteiger partial charge in [0.1, 0.15) is 0 Å². The smallest absolute Gasteiger partial charge is 0.298 e. The minimum absolute atomic E-state index is 0.0520. The number of piperazine rings is 1. The molecular weight excluding hydrogens is 192 g/mol. The lowest BCUT2D eigenvalue weighted by molar-refractivity contribution is -0.126. The van der Waals surface area contributed by atoms with Gasteiger partial charge in [-0.3, -0.25) is 9.69 Å². The van der Waals surface area contributed by atoms with Crippen LogP contribution in [0.15, 0.2) is 0 Å². The van der Waals surface area contributed by atoms with Gasteiger partial charge < -0.3 is 9.64 Å². The fraction of sp³-hybridized carbons (Fsp3) is 0.727. The fourth-order valence-corrected chi connectivity index (χ4v) is 1.58. The molecule has 1 fully saturated rings. The van der Waals surface area contributed by atoms with E-state index in [1.807, 2.05) is 0 Å². The van der Waals surface area contributed by atoms with E-state index in [0.717, 1.165) is 39.3 Å². The van der Waals surface area contributed by atoms with Crippen molar-refractivity contribution in [2.24, 2.45) is 0 Å². The van der Waals surface area contributed by atoms with Crippen LogP contribution in [0.5, 0.6) is 0 Å². The van der Waals surface area contributed by atoms with Crippen LogP contribution in [0.25, 0.3) is 0 Å². The Hall–Kier alpha value is -1.05. The summed E-state index contributed by atoms with van der Waals surface area (Å²) in [7, 11) is 1.70. The third-order valence-corrected chi connectivity index (χ3v) is 2.50. The maximum absolute atomic E-state index is 11.4. The predicted octanol–water partition coefficient (Wildman–Crippen LogP) is -0.200. The second kappa shape index (κ2) is 6.44. The third kappa shape index (κ3) is 3.90. The van der Waals surface area contributed by atoms with Crippen molar-refractivity contribution < 1.29 is 9.53 Å². The van der Waals surface area contributed by atoms with Gasteiger partial charge in [0.2, 0.25) is 0 Å². The van der Waals surface area contributed by atoms with E-state index < -0.39 is 0 Å². The highest BCUT2D eigenvalue weighted by Crippen LogP contribution is 2.01. The van der Waals surface area contributed by atoms with Gasteiger partial charge in [0.15, 0.2) is 0 Å². The first-order valence-electron chi connectivity index (χ1n) is 5.21. The summed E-state index contributed by atoms with van der Waals surface area (Å²) in [4.78, 5) is 15.5. The maximum atomic E-state index is 11.4. The molecule has 1 aliphatic rings. The first-order chi connectivity index (χ1) is 7.27. The second-order valence-corrected chi connectivity index (χ2v) is 3.50. The minimum atomic E-state index is -0.0520. The van der Waals surface area contributed by atoms with Crippen molar-refractivity contribution in [1.82, 2.24) is 9.80 Å². The van der Waals surface area contributed by atoms with E-state index in [2.05, 4.69) is 16.7 Å². The standard InChI is InChI=1S/C11H18N2O2/c1-3-4-11(14)13-7-5-12(6-8-13)9-10-15-2/h5-10H2,1-2H3. The fourth-order valence-electron chi connectivity index (χ4n) is 1.58. The maximum Gasteiger partial charge on any atom is 0.298 e. The molecule has 1 amide bonds. The van der Waals surface area contributed by atoms with Crippen molar-refractivity contribution in [2.75, 3.05) is 46.4 Å². The number of methoxy groups -OCH3 is 1. The van der Waals surface area contributed by atoms with Gasteiger partial charge in [-0.2, -0.15) is 0 Å². The number of ether oxygens (including phenoxy) is 1. The van der Waals surface area contributed by atoms with Crippen LogP contribution in [0, 0.1) is 11.8 Å². The van der Waals surface area contributed by atoms with E-state index in [0.29, 0.717) is 0 Å². The van der Waals surface area contributed by atoms with Crippen molar-refractivity contribution in [3.63, 3.8) is 0 Å². The zero-order valence-corrected chi connectivity index (χ0v) is 9.45. The molecule has 0 atom stereocenters. The first-order valence-corrected chi connectivity index (χ1v) is 5.21. The Balaban J connectivity index is 2.28. The number of amides is 1. The van der Waals surface area contributed by atoms with Crippen LogP contribution in [0.2, 0.25) is 0 Å². The van der Waals surface area contributed by atoms with E-state index in [1.165, 1.54) is 0 Å². The molecule has 0 unspecified atom stereocenters. The molecule has 0 aliphatic carbocycles. The molecule has 0 aromatic heterocycles.